The van der Waals surface area contributed by atoms with Crippen LogP contribution in [0, 0.1) is 13.8 Å². The predicted molar refractivity (Wildman–Crippen MR) is 83.4 cm³/mol. The van der Waals surface area contributed by atoms with Crippen LogP contribution in [0.15, 0.2) is 18.2 Å². The molecule has 1 aliphatic rings. The van der Waals surface area contributed by atoms with E-state index < -0.39 is 0 Å². The summed E-state index contributed by atoms with van der Waals surface area (Å²) in [4.78, 5) is 18.2. The number of carbonyl (C=O) groups excluding carboxylic acids is 1. The van der Waals surface area contributed by atoms with Crippen LogP contribution in [0.2, 0.25) is 0 Å². The largest absolute Gasteiger partial charge is 0.368 e. The molecule has 1 aromatic rings. The molecular formula is C16H25N3O. The second kappa shape index (κ2) is 6.16. The molecular weight excluding hydrogens is 250 g/mol. The molecule has 0 aromatic heterocycles. The van der Waals surface area contributed by atoms with Gasteiger partial charge in [-0.25, -0.2) is 4.79 Å². The lowest BCUT2D eigenvalue weighted by atomic mass is 10.1. The van der Waals surface area contributed by atoms with Gasteiger partial charge in [0, 0.05) is 45.5 Å². The van der Waals surface area contributed by atoms with Crippen LogP contribution in [0.4, 0.5) is 10.5 Å². The lowest BCUT2D eigenvalue weighted by molar-refractivity contribution is 0.161. The molecule has 1 aliphatic heterocycles. The minimum Gasteiger partial charge on any atom is -0.368 e. The van der Waals surface area contributed by atoms with Crippen molar-refractivity contribution in [2.24, 2.45) is 0 Å². The van der Waals surface area contributed by atoms with Crippen LogP contribution in [0.1, 0.15) is 18.1 Å². The molecule has 4 heteroatoms. The molecule has 0 spiro atoms. The standard InChI is InChI=1S/C16H25N3O/c1-5-17(4)16(20)19-10-8-18(9-11-19)15-7-6-13(2)14(3)12-15/h6-7,12H,5,8-11H2,1-4H3. The SMILES string of the molecule is CCN(C)C(=O)N1CCN(c2ccc(C)c(C)c2)CC1. The number of nitrogens with zero attached hydrogens (tertiary/aromatic N) is 3. The lowest BCUT2D eigenvalue weighted by Gasteiger charge is -2.37. The Morgan fingerprint density at radius 2 is 1.80 bits per heavy atom. The fourth-order valence-electron chi connectivity index (χ4n) is 2.45. The van der Waals surface area contributed by atoms with Crippen LogP contribution in [-0.2, 0) is 0 Å². The fraction of sp³-hybridized carbons (Fsp3) is 0.562. The average molecular weight is 275 g/mol. The molecule has 0 unspecified atom stereocenters. The number of urea groups is 1. The number of amides is 2. The van der Waals surface area contributed by atoms with Crippen molar-refractivity contribution in [2.45, 2.75) is 20.8 Å². The van der Waals surface area contributed by atoms with Gasteiger partial charge in [-0.15, -0.1) is 0 Å². The van der Waals surface area contributed by atoms with Crippen LogP contribution in [0.5, 0.6) is 0 Å². The van der Waals surface area contributed by atoms with Crippen molar-refractivity contribution in [3.63, 3.8) is 0 Å². The van der Waals surface area contributed by atoms with E-state index in [4.69, 9.17) is 0 Å². The first kappa shape index (κ1) is 14.7. The molecule has 4 nitrogen and oxygen atoms in total. The number of carbonyl (C=O) groups is 1. The summed E-state index contributed by atoms with van der Waals surface area (Å²) < 4.78 is 0. The van der Waals surface area contributed by atoms with E-state index in [9.17, 15) is 4.79 Å². The van der Waals surface area contributed by atoms with Crippen molar-refractivity contribution >= 4 is 11.7 Å². The summed E-state index contributed by atoms with van der Waals surface area (Å²) in [7, 11) is 1.86. The third kappa shape index (κ3) is 3.06. The van der Waals surface area contributed by atoms with E-state index in [1.807, 2.05) is 18.9 Å². The molecule has 0 N–H and O–H groups in total. The summed E-state index contributed by atoms with van der Waals surface area (Å²) >= 11 is 0. The minimum absolute atomic E-state index is 0.146. The number of anilines is 1. The molecule has 0 atom stereocenters. The van der Waals surface area contributed by atoms with Crippen molar-refractivity contribution in [1.29, 1.82) is 0 Å². The van der Waals surface area contributed by atoms with Crippen LogP contribution in [0.25, 0.3) is 0 Å². The predicted octanol–water partition coefficient (Wildman–Crippen LogP) is 2.50. The van der Waals surface area contributed by atoms with Crippen molar-refractivity contribution in [1.82, 2.24) is 9.80 Å². The van der Waals surface area contributed by atoms with Gasteiger partial charge in [0.2, 0.25) is 0 Å². The maximum Gasteiger partial charge on any atom is 0.319 e. The summed E-state index contributed by atoms with van der Waals surface area (Å²) in [5.41, 5.74) is 3.92. The topological polar surface area (TPSA) is 26.8 Å². The van der Waals surface area contributed by atoms with Gasteiger partial charge in [-0.05, 0) is 44.0 Å². The number of piperazine rings is 1. The summed E-state index contributed by atoms with van der Waals surface area (Å²) in [6.45, 7) is 10.5. The second-order valence-corrected chi connectivity index (χ2v) is 5.54. The number of aryl methyl sites for hydroxylation is 2. The number of rotatable bonds is 2. The first-order valence-electron chi connectivity index (χ1n) is 7.35. The van der Waals surface area contributed by atoms with Gasteiger partial charge in [-0.2, -0.15) is 0 Å². The van der Waals surface area contributed by atoms with Crippen LogP contribution in [0.3, 0.4) is 0 Å². The first-order chi connectivity index (χ1) is 9.52. The highest BCUT2D eigenvalue weighted by Crippen LogP contribution is 2.20. The zero-order chi connectivity index (χ0) is 14.7. The van der Waals surface area contributed by atoms with Crippen molar-refractivity contribution < 1.29 is 4.79 Å². The van der Waals surface area contributed by atoms with Gasteiger partial charge in [0.15, 0.2) is 0 Å². The summed E-state index contributed by atoms with van der Waals surface area (Å²) in [5.74, 6) is 0. The molecule has 110 valence electrons. The normalized spacial score (nSPS) is 15.4. The van der Waals surface area contributed by atoms with E-state index in [0.29, 0.717) is 0 Å². The highest BCUT2D eigenvalue weighted by Gasteiger charge is 2.23. The summed E-state index contributed by atoms with van der Waals surface area (Å²) in [6.07, 6.45) is 0. The molecule has 20 heavy (non-hydrogen) atoms. The van der Waals surface area contributed by atoms with Gasteiger partial charge < -0.3 is 14.7 Å². The van der Waals surface area contributed by atoms with Gasteiger partial charge in [0.25, 0.3) is 0 Å². The molecule has 2 rings (SSSR count). The maximum absolute atomic E-state index is 12.1. The van der Waals surface area contributed by atoms with Crippen LogP contribution >= 0.6 is 0 Å². The molecule has 0 aliphatic carbocycles. The van der Waals surface area contributed by atoms with Crippen LogP contribution in [-0.4, -0.2) is 55.6 Å². The Morgan fingerprint density at radius 3 is 2.35 bits per heavy atom. The van der Waals surface area contributed by atoms with Gasteiger partial charge in [0.1, 0.15) is 0 Å². The van der Waals surface area contributed by atoms with E-state index in [1.165, 1.54) is 16.8 Å². The Morgan fingerprint density at radius 1 is 1.15 bits per heavy atom. The van der Waals surface area contributed by atoms with E-state index in [2.05, 4.69) is 36.9 Å². The third-order valence-electron chi connectivity index (χ3n) is 4.21. The first-order valence-corrected chi connectivity index (χ1v) is 7.35. The van der Waals surface area contributed by atoms with Gasteiger partial charge in [-0.1, -0.05) is 6.07 Å². The van der Waals surface area contributed by atoms with Gasteiger partial charge in [0.05, 0.1) is 0 Å². The monoisotopic (exact) mass is 275 g/mol. The summed E-state index contributed by atoms with van der Waals surface area (Å²) in [5, 5.41) is 0. The maximum atomic E-state index is 12.1. The van der Waals surface area contributed by atoms with Gasteiger partial charge in [-0.3, -0.25) is 0 Å². The quantitative estimate of drug-likeness (QED) is 0.829. The van der Waals surface area contributed by atoms with Crippen molar-refractivity contribution in [3.05, 3.63) is 29.3 Å². The highest BCUT2D eigenvalue weighted by atomic mass is 16.2. The Hall–Kier alpha value is -1.71. The number of hydrogen-bond donors (Lipinski definition) is 0. The highest BCUT2D eigenvalue weighted by molar-refractivity contribution is 5.74. The fourth-order valence-corrected chi connectivity index (χ4v) is 2.45. The van der Waals surface area contributed by atoms with Crippen molar-refractivity contribution in [2.75, 3.05) is 44.7 Å². The number of benzene rings is 1. The van der Waals surface area contributed by atoms with E-state index in [0.717, 1.165) is 32.7 Å². The van der Waals surface area contributed by atoms with Crippen molar-refractivity contribution in [3.8, 4) is 0 Å². The van der Waals surface area contributed by atoms with E-state index in [1.54, 1.807) is 4.90 Å². The molecule has 2 amide bonds. The zero-order valence-corrected chi connectivity index (χ0v) is 13.0. The Bertz CT molecular complexity index is 479. The molecule has 1 fully saturated rings. The Balaban J connectivity index is 1.97. The van der Waals surface area contributed by atoms with E-state index in [-0.39, 0.29) is 6.03 Å². The summed E-state index contributed by atoms with van der Waals surface area (Å²) in [6, 6.07) is 6.74. The van der Waals surface area contributed by atoms with Gasteiger partial charge >= 0.3 is 6.03 Å². The third-order valence-corrected chi connectivity index (χ3v) is 4.21. The second-order valence-electron chi connectivity index (χ2n) is 5.54. The molecule has 0 bridgehead atoms. The van der Waals surface area contributed by atoms with Crippen LogP contribution < -0.4 is 4.90 Å². The lowest BCUT2D eigenvalue weighted by Crippen LogP contribution is -2.52. The number of hydrogen-bond acceptors (Lipinski definition) is 2. The average Bonchev–Trinajstić information content (AvgIpc) is 2.48. The smallest absolute Gasteiger partial charge is 0.319 e. The van der Waals surface area contributed by atoms with E-state index >= 15 is 0 Å². The minimum atomic E-state index is 0.146. The zero-order valence-electron chi connectivity index (χ0n) is 13.0. The Kier molecular flexibility index (Phi) is 4.53. The molecule has 1 aromatic carbocycles. The molecule has 1 saturated heterocycles. The Labute approximate surface area is 122 Å². The molecule has 0 radical (unpaired) electrons. The molecule has 1 heterocycles. The molecule has 0 saturated carbocycles.